The smallest absolute Gasteiger partial charge is 0.341 e. The standard InChI is InChI=1S/C10H8ClFO4/c1-5(13)6-2-8(12)7(11)3-9(6)16-4-10(14)15/h2-3H,4H2,1H3,(H,14,15). The zero-order valence-corrected chi connectivity index (χ0v) is 9.05. The number of carboxylic acid groups (broad SMARTS) is 1. The molecule has 0 bridgehead atoms. The van der Waals surface area contributed by atoms with Crippen molar-refractivity contribution in [3.8, 4) is 5.75 Å². The van der Waals surface area contributed by atoms with Gasteiger partial charge in [-0.3, -0.25) is 4.79 Å². The molecule has 16 heavy (non-hydrogen) atoms. The van der Waals surface area contributed by atoms with Gasteiger partial charge in [-0.05, 0) is 13.0 Å². The van der Waals surface area contributed by atoms with Crippen LogP contribution >= 0.6 is 11.6 Å². The number of aliphatic carboxylic acids is 1. The topological polar surface area (TPSA) is 63.6 Å². The predicted octanol–water partition coefficient (Wildman–Crippen LogP) is 2.15. The molecule has 0 heterocycles. The van der Waals surface area contributed by atoms with Gasteiger partial charge in [0, 0.05) is 6.07 Å². The number of carbonyl (C=O) groups is 2. The Balaban J connectivity index is 3.09. The highest BCUT2D eigenvalue weighted by atomic mass is 35.5. The Kier molecular flexibility index (Phi) is 3.84. The van der Waals surface area contributed by atoms with E-state index in [0.717, 1.165) is 12.1 Å². The van der Waals surface area contributed by atoms with Crippen LogP contribution in [0.3, 0.4) is 0 Å². The third-order valence-electron chi connectivity index (χ3n) is 1.75. The van der Waals surface area contributed by atoms with Crippen molar-refractivity contribution in [3.63, 3.8) is 0 Å². The van der Waals surface area contributed by atoms with E-state index >= 15 is 0 Å². The van der Waals surface area contributed by atoms with Crippen LogP contribution in [-0.4, -0.2) is 23.5 Å². The van der Waals surface area contributed by atoms with Crippen molar-refractivity contribution in [2.24, 2.45) is 0 Å². The van der Waals surface area contributed by atoms with Crippen molar-refractivity contribution in [1.82, 2.24) is 0 Å². The number of Topliss-reactive ketones (excluding diaryl/α,β-unsaturated/α-hetero) is 1. The van der Waals surface area contributed by atoms with E-state index in [-0.39, 0.29) is 16.3 Å². The fourth-order valence-corrected chi connectivity index (χ4v) is 1.22. The summed E-state index contributed by atoms with van der Waals surface area (Å²) in [6.07, 6.45) is 0. The number of rotatable bonds is 4. The van der Waals surface area contributed by atoms with Gasteiger partial charge in [-0.2, -0.15) is 0 Å². The molecule has 1 aromatic carbocycles. The van der Waals surface area contributed by atoms with E-state index in [9.17, 15) is 14.0 Å². The summed E-state index contributed by atoms with van der Waals surface area (Å²) >= 11 is 5.49. The lowest BCUT2D eigenvalue weighted by atomic mass is 10.1. The fourth-order valence-electron chi connectivity index (χ4n) is 1.06. The van der Waals surface area contributed by atoms with Crippen LogP contribution in [0, 0.1) is 5.82 Å². The molecule has 6 heteroatoms. The lowest BCUT2D eigenvalue weighted by Gasteiger charge is -2.08. The van der Waals surface area contributed by atoms with Gasteiger partial charge in [0.2, 0.25) is 0 Å². The highest BCUT2D eigenvalue weighted by Crippen LogP contribution is 2.26. The summed E-state index contributed by atoms with van der Waals surface area (Å²) in [5.41, 5.74) is -0.0387. The summed E-state index contributed by atoms with van der Waals surface area (Å²) in [4.78, 5) is 21.4. The number of hydrogen-bond donors (Lipinski definition) is 1. The van der Waals surface area contributed by atoms with Crippen LogP contribution in [0.1, 0.15) is 17.3 Å². The number of ether oxygens (including phenoxy) is 1. The van der Waals surface area contributed by atoms with E-state index < -0.39 is 24.2 Å². The molecule has 0 aromatic heterocycles. The zero-order valence-electron chi connectivity index (χ0n) is 8.29. The average Bonchev–Trinajstić information content (AvgIpc) is 2.18. The SMILES string of the molecule is CC(=O)c1cc(F)c(Cl)cc1OCC(=O)O. The van der Waals surface area contributed by atoms with Gasteiger partial charge in [0.25, 0.3) is 0 Å². The highest BCUT2D eigenvalue weighted by Gasteiger charge is 2.14. The lowest BCUT2D eigenvalue weighted by molar-refractivity contribution is -0.139. The first kappa shape index (κ1) is 12.4. The number of halogens is 2. The molecule has 0 aliphatic rings. The van der Waals surface area contributed by atoms with Crippen molar-refractivity contribution in [2.45, 2.75) is 6.92 Å². The highest BCUT2D eigenvalue weighted by molar-refractivity contribution is 6.31. The van der Waals surface area contributed by atoms with Gasteiger partial charge in [-0.1, -0.05) is 11.6 Å². The Morgan fingerprint density at radius 2 is 2.12 bits per heavy atom. The van der Waals surface area contributed by atoms with Crippen LogP contribution in [-0.2, 0) is 4.79 Å². The number of hydrogen-bond acceptors (Lipinski definition) is 3. The maximum Gasteiger partial charge on any atom is 0.341 e. The molecule has 0 radical (unpaired) electrons. The molecule has 1 rings (SSSR count). The van der Waals surface area contributed by atoms with Gasteiger partial charge in [-0.25, -0.2) is 9.18 Å². The summed E-state index contributed by atoms with van der Waals surface area (Å²) < 4.78 is 17.9. The molecular weight excluding hydrogens is 239 g/mol. The summed E-state index contributed by atoms with van der Waals surface area (Å²) in [5.74, 6) is -2.43. The molecule has 0 aliphatic heterocycles. The summed E-state index contributed by atoms with van der Waals surface area (Å²) in [5, 5.41) is 8.18. The summed E-state index contributed by atoms with van der Waals surface area (Å²) in [7, 11) is 0. The molecule has 4 nitrogen and oxygen atoms in total. The third kappa shape index (κ3) is 2.93. The third-order valence-corrected chi connectivity index (χ3v) is 2.04. The first-order valence-corrected chi connectivity index (χ1v) is 4.64. The quantitative estimate of drug-likeness (QED) is 0.827. The van der Waals surface area contributed by atoms with E-state index in [4.69, 9.17) is 21.4 Å². The number of carboxylic acids is 1. The largest absolute Gasteiger partial charge is 0.481 e. The first-order valence-electron chi connectivity index (χ1n) is 4.26. The van der Waals surface area contributed by atoms with Crippen LogP contribution in [0.15, 0.2) is 12.1 Å². The minimum absolute atomic E-state index is 0.0387. The van der Waals surface area contributed by atoms with Crippen molar-refractivity contribution in [1.29, 1.82) is 0 Å². The van der Waals surface area contributed by atoms with Crippen molar-refractivity contribution in [2.75, 3.05) is 6.61 Å². The number of ketones is 1. The zero-order chi connectivity index (χ0) is 12.3. The van der Waals surface area contributed by atoms with Crippen LogP contribution in [0.2, 0.25) is 5.02 Å². The van der Waals surface area contributed by atoms with Crippen molar-refractivity contribution < 1.29 is 23.8 Å². The molecule has 0 amide bonds. The van der Waals surface area contributed by atoms with E-state index in [0.29, 0.717) is 0 Å². The molecular formula is C10H8ClFO4. The number of benzene rings is 1. The first-order chi connectivity index (χ1) is 7.41. The molecule has 0 saturated heterocycles. The van der Waals surface area contributed by atoms with Crippen LogP contribution in [0.25, 0.3) is 0 Å². The molecule has 0 saturated carbocycles. The fraction of sp³-hybridized carbons (Fsp3) is 0.200. The normalized spacial score (nSPS) is 9.94. The van der Waals surface area contributed by atoms with Crippen LogP contribution in [0.4, 0.5) is 4.39 Å². The molecule has 0 aliphatic carbocycles. The van der Waals surface area contributed by atoms with Gasteiger partial charge in [0.15, 0.2) is 12.4 Å². The molecule has 0 fully saturated rings. The molecule has 1 aromatic rings. The number of carbonyl (C=O) groups excluding carboxylic acids is 1. The molecule has 0 unspecified atom stereocenters. The van der Waals surface area contributed by atoms with Gasteiger partial charge < -0.3 is 9.84 Å². The second kappa shape index (κ2) is 4.94. The second-order valence-corrected chi connectivity index (χ2v) is 3.41. The van der Waals surface area contributed by atoms with Crippen molar-refractivity contribution >= 4 is 23.4 Å². The minimum atomic E-state index is -1.20. The Bertz CT molecular complexity index is 445. The monoisotopic (exact) mass is 246 g/mol. The van der Waals surface area contributed by atoms with Crippen molar-refractivity contribution in [3.05, 3.63) is 28.5 Å². The van der Waals surface area contributed by atoms with Gasteiger partial charge >= 0.3 is 5.97 Å². The molecule has 1 N–H and O–H groups in total. The lowest BCUT2D eigenvalue weighted by Crippen LogP contribution is -2.11. The Labute approximate surface area is 95.6 Å². The maximum atomic E-state index is 13.1. The molecule has 0 spiro atoms. The van der Waals surface area contributed by atoms with Crippen LogP contribution < -0.4 is 4.74 Å². The van der Waals surface area contributed by atoms with E-state index in [1.807, 2.05) is 0 Å². The van der Waals surface area contributed by atoms with Gasteiger partial charge in [-0.15, -0.1) is 0 Å². The second-order valence-electron chi connectivity index (χ2n) is 3.00. The molecule has 0 atom stereocenters. The Morgan fingerprint density at radius 1 is 1.50 bits per heavy atom. The minimum Gasteiger partial charge on any atom is -0.481 e. The molecule has 86 valence electrons. The van der Waals surface area contributed by atoms with E-state index in [1.54, 1.807) is 0 Å². The summed E-state index contributed by atoms with van der Waals surface area (Å²) in [6.45, 7) is 0.596. The van der Waals surface area contributed by atoms with Gasteiger partial charge in [0.1, 0.15) is 11.6 Å². The Hall–Kier alpha value is -1.62. The average molecular weight is 247 g/mol. The maximum absolute atomic E-state index is 13.1. The van der Waals surface area contributed by atoms with E-state index in [1.165, 1.54) is 6.92 Å². The van der Waals surface area contributed by atoms with Gasteiger partial charge in [0.05, 0.1) is 10.6 Å². The van der Waals surface area contributed by atoms with E-state index in [2.05, 4.69) is 0 Å². The van der Waals surface area contributed by atoms with Crippen LogP contribution in [0.5, 0.6) is 5.75 Å². The Morgan fingerprint density at radius 3 is 2.62 bits per heavy atom. The predicted molar refractivity (Wildman–Crippen MR) is 54.5 cm³/mol. The summed E-state index contributed by atoms with van der Waals surface area (Å²) in [6, 6.07) is 2.00.